The Kier molecular flexibility index (Phi) is 4.83. The number of benzene rings is 1. The van der Waals surface area contributed by atoms with Crippen LogP contribution in [0.25, 0.3) is 22.4 Å². The van der Waals surface area contributed by atoms with Gasteiger partial charge in [-0.05, 0) is 43.7 Å². The lowest BCUT2D eigenvalue weighted by molar-refractivity contribution is 0.122. The maximum Gasteiger partial charge on any atom is 0.228 e. The van der Waals surface area contributed by atoms with E-state index >= 15 is 0 Å². The lowest BCUT2D eigenvalue weighted by Gasteiger charge is -2.29. The molecule has 152 valence electrons. The summed E-state index contributed by atoms with van der Waals surface area (Å²) in [6.07, 6.45) is 6.72. The van der Waals surface area contributed by atoms with Crippen LogP contribution in [0.4, 0.5) is 5.95 Å². The molecule has 3 aromatic rings. The Morgan fingerprint density at radius 3 is 2.62 bits per heavy atom. The minimum atomic E-state index is 0.225. The van der Waals surface area contributed by atoms with Crippen molar-refractivity contribution in [1.29, 1.82) is 0 Å². The Balaban J connectivity index is 1.64. The van der Waals surface area contributed by atoms with Crippen LogP contribution in [0.1, 0.15) is 38.6 Å². The molecule has 3 heterocycles. The number of phenolic OH excluding ortho intramolecular Hbond substituents is 1. The number of phenols is 1. The normalized spacial score (nSPS) is 22.9. The number of hydrogen-bond acceptors (Lipinski definition) is 6. The molecule has 7 heteroatoms. The molecule has 0 bridgehead atoms. The minimum Gasteiger partial charge on any atom is -0.508 e. The molecule has 5 rings (SSSR count). The van der Waals surface area contributed by atoms with E-state index in [1.54, 1.807) is 12.1 Å². The highest BCUT2D eigenvalue weighted by atomic mass is 16.5. The van der Waals surface area contributed by atoms with Gasteiger partial charge in [-0.3, -0.25) is 0 Å². The molecule has 2 aromatic heterocycles. The van der Waals surface area contributed by atoms with Crippen LogP contribution in [-0.2, 0) is 4.74 Å². The number of anilines is 1. The van der Waals surface area contributed by atoms with Gasteiger partial charge >= 0.3 is 0 Å². The van der Waals surface area contributed by atoms with Crippen LogP contribution in [0.15, 0.2) is 30.6 Å². The van der Waals surface area contributed by atoms with Crippen molar-refractivity contribution in [2.45, 2.75) is 38.6 Å². The third-order valence-corrected chi connectivity index (χ3v) is 6.20. The summed E-state index contributed by atoms with van der Waals surface area (Å²) in [7, 11) is 0. The molecule has 1 aliphatic heterocycles. The van der Waals surface area contributed by atoms with Gasteiger partial charge in [0.1, 0.15) is 17.0 Å². The first-order valence-corrected chi connectivity index (χ1v) is 10.6. The van der Waals surface area contributed by atoms with Crippen LogP contribution in [0.3, 0.4) is 0 Å². The van der Waals surface area contributed by atoms with Crippen molar-refractivity contribution in [1.82, 2.24) is 19.5 Å². The molecule has 1 aliphatic carbocycles. The highest BCUT2D eigenvalue weighted by molar-refractivity contribution is 5.88. The van der Waals surface area contributed by atoms with Gasteiger partial charge < -0.3 is 19.3 Å². The maximum absolute atomic E-state index is 10.0. The fourth-order valence-electron chi connectivity index (χ4n) is 4.45. The zero-order valence-electron chi connectivity index (χ0n) is 16.8. The summed E-state index contributed by atoms with van der Waals surface area (Å²) in [5.74, 6) is 1.73. The molecule has 2 aliphatic rings. The summed E-state index contributed by atoms with van der Waals surface area (Å²) in [6.45, 7) is 5.26. The van der Waals surface area contributed by atoms with Crippen molar-refractivity contribution >= 4 is 17.1 Å². The van der Waals surface area contributed by atoms with E-state index in [1.165, 1.54) is 12.8 Å². The highest BCUT2D eigenvalue weighted by Gasteiger charge is 2.25. The average molecular weight is 393 g/mol. The molecule has 1 aromatic carbocycles. The van der Waals surface area contributed by atoms with Gasteiger partial charge in [0, 0.05) is 24.7 Å². The molecule has 1 saturated carbocycles. The van der Waals surface area contributed by atoms with Crippen molar-refractivity contribution in [3.8, 4) is 17.0 Å². The fraction of sp³-hybridized carbons (Fsp3) is 0.500. The maximum atomic E-state index is 10.0. The molecule has 0 unspecified atom stereocenters. The van der Waals surface area contributed by atoms with Crippen molar-refractivity contribution in [2.75, 3.05) is 31.2 Å². The van der Waals surface area contributed by atoms with Gasteiger partial charge in [0.15, 0.2) is 5.65 Å². The number of imidazole rings is 1. The topological polar surface area (TPSA) is 76.3 Å². The summed E-state index contributed by atoms with van der Waals surface area (Å²) >= 11 is 0. The molecule has 0 spiro atoms. The molecule has 2 fully saturated rings. The quantitative estimate of drug-likeness (QED) is 0.730. The summed E-state index contributed by atoms with van der Waals surface area (Å²) < 4.78 is 7.75. The zero-order chi connectivity index (χ0) is 19.8. The molecule has 1 N–H and O–H groups in total. The van der Waals surface area contributed by atoms with Crippen LogP contribution in [0.2, 0.25) is 0 Å². The Labute approximate surface area is 170 Å². The number of morpholine rings is 1. The Bertz CT molecular complexity index is 1000. The third-order valence-electron chi connectivity index (χ3n) is 6.20. The number of rotatable bonds is 3. The van der Waals surface area contributed by atoms with E-state index in [4.69, 9.17) is 19.7 Å². The van der Waals surface area contributed by atoms with Crippen LogP contribution in [0.5, 0.6) is 5.75 Å². The smallest absolute Gasteiger partial charge is 0.228 e. The molecule has 29 heavy (non-hydrogen) atoms. The van der Waals surface area contributed by atoms with E-state index in [9.17, 15) is 5.11 Å². The van der Waals surface area contributed by atoms with Gasteiger partial charge in [-0.1, -0.05) is 19.1 Å². The second kappa shape index (κ2) is 7.63. The van der Waals surface area contributed by atoms with Crippen molar-refractivity contribution in [2.24, 2.45) is 5.92 Å². The lowest BCUT2D eigenvalue weighted by Crippen LogP contribution is -2.37. The summed E-state index contributed by atoms with van der Waals surface area (Å²) in [4.78, 5) is 16.7. The molecule has 7 nitrogen and oxygen atoms in total. The molecular formula is C22H27N5O2. The van der Waals surface area contributed by atoms with Gasteiger partial charge in [0.2, 0.25) is 5.95 Å². The van der Waals surface area contributed by atoms with Gasteiger partial charge in [-0.15, -0.1) is 0 Å². The first-order chi connectivity index (χ1) is 14.2. The first-order valence-electron chi connectivity index (χ1n) is 10.6. The second-order valence-electron chi connectivity index (χ2n) is 8.26. The zero-order valence-corrected chi connectivity index (χ0v) is 16.8. The van der Waals surface area contributed by atoms with Crippen LogP contribution in [0, 0.1) is 5.92 Å². The SMILES string of the molecule is CC1CCC(n2cnc3c(-c4cccc(O)c4)nc(N4CCOCC4)nc32)CC1. The van der Waals surface area contributed by atoms with Crippen LogP contribution < -0.4 is 4.90 Å². The van der Waals surface area contributed by atoms with E-state index in [0.717, 1.165) is 54.3 Å². The van der Waals surface area contributed by atoms with E-state index < -0.39 is 0 Å². The minimum absolute atomic E-state index is 0.225. The number of fused-ring (bicyclic) bond motifs is 1. The number of hydrogen-bond donors (Lipinski definition) is 1. The predicted molar refractivity (Wildman–Crippen MR) is 112 cm³/mol. The number of aromatic hydroxyl groups is 1. The second-order valence-corrected chi connectivity index (χ2v) is 8.26. The summed E-state index contributed by atoms with van der Waals surface area (Å²) in [5, 5.41) is 10.0. The Hall–Kier alpha value is -2.67. The summed E-state index contributed by atoms with van der Waals surface area (Å²) in [5.41, 5.74) is 3.32. The van der Waals surface area contributed by atoms with Gasteiger partial charge in [0.05, 0.1) is 19.5 Å². The average Bonchev–Trinajstić information content (AvgIpc) is 3.18. The monoisotopic (exact) mass is 393 g/mol. The first kappa shape index (κ1) is 18.4. The van der Waals surface area contributed by atoms with Crippen LogP contribution >= 0.6 is 0 Å². The van der Waals surface area contributed by atoms with E-state index in [1.807, 2.05) is 18.5 Å². The number of ether oxygens (including phenoxy) is 1. The predicted octanol–water partition coefficient (Wildman–Crippen LogP) is 3.79. The van der Waals surface area contributed by atoms with Gasteiger partial charge in [-0.25, -0.2) is 9.97 Å². The van der Waals surface area contributed by atoms with E-state index in [2.05, 4.69) is 16.4 Å². The number of nitrogens with zero attached hydrogens (tertiary/aromatic N) is 5. The Morgan fingerprint density at radius 2 is 1.86 bits per heavy atom. The van der Waals surface area contributed by atoms with Crippen molar-refractivity contribution in [3.05, 3.63) is 30.6 Å². The van der Waals surface area contributed by atoms with Crippen LogP contribution in [-0.4, -0.2) is 50.9 Å². The standard InChI is InChI=1S/C22H27N5O2/c1-15-5-7-17(8-6-15)27-14-23-20-19(16-3-2-4-18(28)13-16)24-22(25-21(20)27)26-9-11-29-12-10-26/h2-4,13-15,17,28H,5-12H2,1H3. The van der Waals surface area contributed by atoms with E-state index in [-0.39, 0.29) is 5.75 Å². The lowest BCUT2D eigenvalue weighted by atomic mass is 9.87. The number of aromatic nitrogens is 4. The van der Waals surface area contributed by atoms with E-state index in [0.29, 0.717) is 25.2 Å². The van der Waals surface area contributed by atoms with Gasteiger partial charge in [0.25, 0.3) is 0 Å². The van der Waals surface area contributed by atoms with Crippen molar-refractivity contribution < 1.29 is 9.84 Å². The highest BCUT2D eigenvalue weighted by Crippen LogP contribution is 2.36. The molecule has 0 amide bonds. The molecule has 0 atom stereocenters. The van der Waals surface area contributed by atoms with Gasteiger partial charge in [-0.2, -0.15) is 4.98 Å². The largest absolute Gasteiger partial charge is 0.508 e. The van der Waals surface area contributed by atoms with Crippen molar-refractivity contribution in [3.63, 3.8) is 0 Å². The molecule has 0 radical (unpaired) electrons. The molecule has 1 saturated heterocycles. The fourth-order valence-corrected chi connectivity index (χ4v) is 4.45. The molecular weight excluding hydrogens is 366 g/mol. The third kappa shape index (κ3) is 3.55. The summed E-state index contributed by atoms with van der Waals surface area (Å²) in [6, 6.07) is 7.65. The Morgan fingerprint density at radius 1 is 1.07 bits per heavy atom.